The Labute approximate surface area is 205 Å². The zero-order chi connectivity index (χ0) is 23.0. The molecule has 0 saturated heterocycles. The zero-order valence-electron chi connectivity index (χ0n) is 19.3. The molecule has 1 aliphatic heterocycles. The lowest BCUT2D eigenvalue weighted by molar-refractivity contribution is -0.141. The van der Waals surface area contributed by atoms with Gasteiger partial charge in [0.1, 0.15) is 6.04 Å². The van der Waals surface area contributed by atoms with Gasteiger partial charge in [0, 0.05) is 34.6 Å². The lowest BCUT2D eigenvalue weighted by Crippen LogP contribution is -2.57. The molecule has 2 heterocycles. The lowest BCUT2D eigenvalue weighted by atomic mass is 9.47. The summed E-state index contributed by atoms with van der Waals surface area (Å²) in [5.74, 6) is 1.69. The summed E-state index contributed by atoms with van der Waals surface area (Å²) < 4.78 is 2.46. The number of fused-ring (bicyclic) bond motifs is 3. The molecule has 4 nitrogen and oxygen atoms in total. The minimum Gasteiger partial charge on any atom is -0.480 e. The van der Waals surface area contributed by atoms with Crippen molar-refractivity contribution in [1.82, 2.24) is 9.88 Å². The van der Waals surface area contributed by atoms with Crippen LogP contribution in [0.1, 0.15) is 61.4 Å². The van der Waals surface area contributed by atoms with Crippen LogP contribution in [0.15, 0.2) is 48.5 Å². The zero-order valence-corrected chi connectivity index (χ0v) is 20.1. The molecule has 2 N–H and O–H groups in total. The SMILES string of the molecule is O=C(O)C1Cc2c(n(Cc3ccccc3Cl)c3ccccc23)C(C23CC4CC(CC(C4)C2)C3)N1. The van der Waals surface area contributed by atoms with E-state index >= 15 is 0 Å². The normalized spacial score (nSPS) is 33.9. The van der Waals surface area contributed by atoms with Crippen LogP contribution in [0.25, 0.3) is 10.9 Å². The number of aliphatic carboxylic acids is 1. The minimum absolute atomic E-state index is 0.0700. The van der Waals surface area contributed by atoms with Gasteiger partial charge < -0.3 is 9.67 Å². The number of carboxylic acids is 1. The maximum atomic E-state index is 12.3. The molecule has 2 aromatic carbocycles. The van der Waals surface area contributed by atoms with Gasteiger partial charge in [-0.25, -0.2) is 0 Å². The van der Waals surface area contributed by atoms with E-state index in [2.05, 4.69) is 46.3 Å². The summed E-state index contributed by atoms with van der Waals surface area (Å²) in [6, 6.07) is 16.2. The first-order valence-corrected chi connectivity index (χ1v) is 13.2. The Morgan fingerprint density at radius 2 is 1.65 bits per heavy atom. The molecule has 3 aromatic rings. The van der Waals surface area contributed by atoms with Crippen molar-refractivity contribution in [2.45, 2.75) is 63.6 Å². The van der Waals surface area contributed by atoms with E-state index in [0.717, 1.165) is 28.3 Å². The van der Waals surface area contributed by atoms with Crippen molar-refractivity contribution < 1.29 is 9.90 Å². The molecule has 176 valence electrons. The number of carbonyl (C=O) groups is 1. The first kappa shape index (κ1) is 21.0. The third kappa shape index (κ3) is 3.11. The van der Waals surface area contributed by atoms with E-state index in [1.165, 1.54) is 60.7 Å². The van der Waals surface area contributed by atoms with Crippen molar-refractivity contribution in [3.63, 3.8) is 0 Å². The molecule has 4 aliphatic carbocycles. The molecule has 5 heteroatoms. The molecule has 4 bridgehead atoms. The molecule has 0 radical (unpaired) electrons. The molecule has 8 rings (SSSR count). The van der Waals surface area contributed by atoms with Gasteiger partial charge in [-0.1, -0.05) is 48.0 Å². The maximum Gasteiger partial charge on any atom is 0.321 e. The number of hydrogen-bond acceptors (Lipinski definition) is 2. The summed E-state index contributed by atoms with van der Waals surface area (Å²) in [6.07, 6.45) is 8.36. The summed E-state index contributed by atoms with van der Waals surface area (Å²) in [4.78, 5) is 12.3. The molecule has 2 unspecified atom stereocenters. The Hall–Kier alpha value is -2.30. The van der Waals surface area contributed by atoms with Gasteiger partial charge in [-0.3, -0.25) is 10.1 Å². The molecule has 34 heavy (non-hydrogen) atoms. The largest absolute Gasteiger partial charge is 0.480 e. The highest BCUT2D eigenvalue weighted by molar-refractivity contribution is 6.31. The van der Waals surface area contributed by atoms with Crippen molar-refractivity contribution in [3.8, 4) is 0 Å². The molecule has 5 aliphatic rings. The van der Waals surface area contributed by atoms with Crippen LogP contribution in [0.4, 0.5) is 0 Å². The van der Waals surface area contributed by atoms with E-state index in [4.69, 9.17) is 11.6 Å². The Kier molecular flexibility index (Phi) is 4.70. The van der Waals surface area contributed by atoms with Crippen molar-refractivity contribution >= 4 is 28.5 Å². The highest BCUT2D eigenvalue weighted by Gasteiger charge is 2.56. The summed E-state index contributed by atoms with van der Waals surface area (Å²) in [6.45, 7) is 0.706. The van der Waals surface area contributed by atoms with Gasteiger partial charge in [-0.2, -0.15) is 0 Å². The van der Waals surface area contributed by atoms with Crippen molar-refractivity contribution in [1.29, 1.82) is 0 Å². The third-order valence-corrected chi connectivity index (χ3v) is 9.82. The van der Waals surface area contributed by atoms with Crippen LogP contribution in [0.3, 0.4) is 0 Å². The fourth-order valence-corrected chi connectivity index (χ4v) is 8.80. The van der Waals surface area contributed by atoms with Crippen molar-refractivity contribution in [3.05, 3.63) is 70.4 Å². The molecule has 1 aromatic heterocycles. The summed E-state index contributed by atoms with van der Waals surface area (Å²) >= 11 is 6.63. The monoisotopic (exact) mass is 474 g/mol. The van der Waals surface area contributed by atoms with Gasteiger partial charge >= 0.3 is 5.97 Å². The average molecular weight is 475 g/mol. The molecule has 2 atom stereocenters. The van der Waals surface area contributed by atoms with Crippen LogP contribution in [-0.2, 0) is 17.8 Å². The van der Waals surface area contributed by atoms with Gasteiger partial charge in [0.05, 0.1) is 6.04 Å². The predicted molar refractivity (Wildman–Crippen MR) is 134 cm³/mol. The van der Waals surface area contributed by atoms with Crippen molar-refractivity contribution in [2.75, 3.05) is 0 Å². The molecule has 0 amide bonds. The minimum atomic E-state index is -0.733. The first-order valence-electron chi connectivity index (χ1n) is 12.8. The fourth-order valence-electron chi connectivity index (χ4n) is 8.61. The second-order valence-electron chi connectivity index (χ2n) is 11.5. The van der Waals surface area contributed by atoms with Crippen LogP contribution in [0, 0.1) is 23.2 Å². The number of hydrogen-bond donors (Lipinski definition) is 2. The van der Waals surface area contributed by atoms with Crippen LogP contribution in [-0.4, -0.2) is 21.7 Å². The summed E-state index contributed by atoms with van der Waals surface area (Å²) in [7, 11) is 0. The van der Waals surface area contributed by atoms with Gasteiger partial charge in [0.25, 0.3) is 0 Å². The lowest BCUT2D eigenvalue weighted by Gasteiger charge is -2.60. The molecule has 4 saturated carbocycles. The van der Waals surface area contributed by atoms with Gasteiger partial charge in [-0.15, -0.1) is 0 Å². The van der Waals surface area contributed by atoms with E-state index in [9.17, 15) is 9.90 Å². The Morgan fingerprint density at radius 1 is 1.00 bits per heavy atom. The molecule has 0 spiro atoms. The van der Waals surface area contributed by atoms with Gasteiger partial charge in [0.2, 0.25) is 0 Å². The van der Waals surface area contributed by atoms with E-state index in [1.54, 1.807) is 0 Å². The number of nitrogens with one attached hydrogen (secondary N) is 1. The smallest absolute Gasteiger partial charge is 0.321 e. The summed E-state index contributed by atoms with van der Waals surface area (Å²) in [5, 5.41) is 15.8. The number of rotatable bonds is 4. The average Bonchev–Trinajstić information content (AvgIpc) is 3.13. The fraction of sp³-hybridized carbons (Fsp3) is 0.483. The highest BCUT2D eigenvalue weighted by atomic mass is 35.5. The molecular weight excluding hydrogens is 444 g/mol. The Morgan fingerprint density at radius 3 is 2.32 bits per heavy atom. The highest BCUT2D eigenvalue weighted by Crippen LogP contribution is 2.65. The number of benzene rings is 2. The van der Waals surface area contributed by atoms with E-state index < -0.39 is 12.0 Å². The van der Waals surface area contributed by atoms with E-state index in [-0.39, 0.29) is 11.5 Å². The Balaban J connectivity index is 1.44. The van der Waals surface area contributed by atoms with E-state index in [1.807, 2.05) is 12.1 Å². The topological polar surface area (TPSA) is 54.3 Å². The summed E-state index contributed by atoms with van der Waals surface area (Å²) in [5.41, 5.74) is 5.01. The second kappa shape index (κ2) is 7.60. The van der Waals surface area contributed by atoms with Crippen molar-refractivity contribution in [2.24, 2.45) is 23.2 Å². The van der Waals surface area contributed by atoms with Crippen LogP contribution >= 0.6 is 11.6 Å². The predicted octanol–water partition coefficient (Wildman–Crippen LogP) is 6.20. The third-order valence-electron chi connectivity index (χ3n) is 9.45. The maximum absolute atomic E-state index is 12.3. The quantitative estimate of drug-likeness (QED) is 0.473. The number of para-hydroxylation sites is 1. The van der Waals surface area contributed by atoms with Gasteiger partial charge in [-0.05, 0) is 85.0 Å². The number of nitrogens with zero attached hydrogens (tertiary/aromatic N) is 1. The van der Waals surface area contributed by atoms with E-state index in [0.29, 0.717) is 13.0 Å². The number of halogens is 1. The Bertz CT molecular complexity index is 1260. The van der Waals surface area contributed by atoms with Crippen LogP contribution < -0.4 is 5.32 Å². The number of carboxylic acid groups (broad SMARTS) is 1. The van der Waals surface area contributed by atoms with Crippen LogP contribution in [0.2, 0.25) is 5.02 Å². The standard InChI is InChI=1S/C29H31ClN2O2/c30-23-7-3-1-5-20(23)16-32-25-8-4-2-6-21(25)22-12-24(28(33)34)31-27(26(22)32)29-13-17-9-18(14-29)11-19(10-17)15-29/h1-8,17-19,24,27,31H,9-16H2,(H,33,34). The van der Waals surface area contributed by atoms with Crippen LogP contribution in [0.5, 0.6) is 0 Å². The first-order chi connectivity index (χ1) is 16.5. The second-order valence-corrected chi connectivity index (χ2v) is 11.9. The molecular formula is C29H31ClN2O2. The van der Waals surface area contributed by atoms with Gasteiger partial charge in [0.15, 0.2) is 0 Å². The number of aromatic nitrogens is 1. The molecule has 4 fully saturated rings.